The molecular weight excluding hydrogens is 458 g/mol. The van der Waals surface area contributed by atoms with Crippen LogP contribution in [0.15, 0.2) is 52.1 Å². The van der Waals surface area contributed by atoms with Gasteiger partial charge in [0, 0.05) is 32.2 Å². The predicted octanol–water partition coefficient (Wildman–Crippen LogP) is 3.36. The van der Waals surface area contributed by atoms with Gasteiger partial charge < -0.3 is 19.1 Å². The molecule has 186 valence electrons. The minimum Gasteiger partial charge on any atom is -0.381 e. The van der Waals surface area contributed by atoms with Gasteiger partial charge in [0.05, 0.1) is 0 Å². The summed E-state index contributed by atoms with van der Waals surface area (Å²) >= 11 is 0. The molecule has 6 rings (SSSR count). The van der Waals surface area contributed by atoms with Crippen molar-refractivity contribution < 1.29 is 9.26 Å². The first-order valence-electron chi connectivity index (χ1n) is 12.4. The van der Waals surface area contributed by atoms with Crippen LogP contribution in [-0.4, -0.2) is 48.5 Å². The van der Waals surface area contributed by atoms with Crippen LogP contribution in [0.1, 0.15) is 49.4 Å². The lowest BCUT2D eigenvalue weighted by atomic mass is 10.1. The highest BCUT2D eigenvalue weighted by molar-refractivity contribution is 5.73. The molecule has 0 bridgehead atoms. The fourth-order valence-electron chi connectivity index (χ4n) is 4.84. The van der Waals surface area contributed by atoms with Crippen molar-refractivity contribution in [1.29, 1.82) is 0 Å². The molecule has 10 heteroatoms. The van der Waals surface area contributed by atoms with Crippen LogP contribution in [0.3, 0.4) is 0 Å². The molecule has 1 aromatic carbocycles. The molecule has 0 radical (unpaired) electrons. The molecule has 1 unspecified atom stereocenters. The summed E-state index contributed by atoms with van der Waals surface area (Å²) in [5, 5.41) is 7.62. The Labute approximate surface area is 208 Å². The van der Waals surface area contributed by atoms with E-state index >= 15 is 0 Å². The quantitative estimate of drug-likeness (QED) is 0.422. The minimum atomic E-state index is -0.194. The van der Waals surface area contributed by atoms with E-state index in [-0.39, 0.29) is 24.1 Å². The molecule has 2 aliphatic rings. The predicted molar refractivity (Wildman–Crippen MR) is 135 cm³/mol. The van der Waals surface area contributed by atoms with E-state index in [0.717, 1.165) is 32.5 Å². The minimum absolute atomic E-state index is 0.166. The lowest BCUT2D eigenvalue weighted by Crippen LogP contribution is -2.29. The number of rotatable bonds is 7. The Morgan fingerprint density at radius 2 is 2.00 bits per heavy atom. The number of fused-ring (bicyclic) bond motifs is 1. The highest BCUT2D eigenvalue weighted by Gasteiger charge is 2.40. The van der Waals surface area contributed by atoms with E-state index in [9.17, 15) is 4.79 Å². The number of hydrogen-bond donors (Lipinski definition) is 1. The third-order valence-corrected chi connectivity index (χ3v) is 7.07. The van der Waals surface area contributed by atoms with Crippen LogP contribution in [0.4, 0.5) is 5.95 Å². The monoisotopic (exact) mass is 487 g/mol. The van der Waals surface area contributed by atoms with Gasteiger partial charge in [-0.2, -0.15) is 9.97 Å². The molecule has 4 heterocycles. The molecule has 2 fully saturated rings. The maximum absolute atomic E-state index is 13.2. The highest BCUT2D eigenvalue weighted by Crippen LogP contribution is 2.48. The van der Waals surface area contributed by atoms with Gasteiger partial charge in [0.25, 0.3) is 5.56 Å². The Morgan fingerprint density at radius 1 is 1.19 bits per heavy atom. The van der Waals surface area contributed by atoms with Gasteiger partial charge in [-0.25, -0.2) is 4.98 Å². The smallest absolute Gasteiger partial charge is 0.280 e. The number of hydrogen-bond acceptors (Lipinski definition) is 8. The Bertz CT molecular complexity index is 1460. The molecule has 2 atom stereocenters. The number of nitrogens with zero attached hydrogens (tertiary/aromatic N) is 6. The number of allylic oxidation sites excluding steroid dienone is 2. The zero-order valence-corrected chi connectivity index (χ0v) is 20.4. The van der Waals surface area contributed by atoms with Crippen molar-refractivity contribution in [1.82, 2.24) is 29.2 Å². The van der Waals surface area contributed by atoms with Crippen LogP contribution in [0.5, 0.6) is 0 Å². The number of aryl methyl sites for hydroxylation is 1. The van der Waals surface area contributed by atoms with Gasteiger partial charge in [0.2, 0.25) is 11.8 Å². The number of imidazole rings is 1. The lowest BCUT2D eigenvalue weighted by molar-refractivity contribution is 0.0902. The summed E-state index contributed by atoms with van der Waals surface area (Å²) in [5.41, 5.74) is 3.14. The SMILES string of the molecule is C/C(=C\[C@@H]1CC1c1noc(Cn2cnc3nc(NC4CCOCC4)n(C)c3c2=O)n1)c1ccccc1. The summed E-state index contributed by atoms with van der Waals surface area (Å²) in [5.74, 6) is 2.36. The first kappa shape index (κ1) is 22.7. The summed E-state index contributed by atoms with van der Waals surface area (Å²) in [6, 6.07) is 10.6. The van der Waals surface area contributed by atoms with E-state index in [2.05, 4.69) is 50.6 Å². The van der Waals surface area contributed by atoms with Crippen molar-refractivity contribution in [3.63, 3.8) is 0 Å². The van der Waals surface area contributed by atoms with Gasteiger partial charge in [-0.15, -0.1) is 0 Å². The van der Waals surface area contributed by atoms with Crippen molar-refractivity contribution in [2.45, 2.75) is 44.7 Å². The first-order valence-corrected chi connectivity index (χ1v) is 12.4. The van der Waals surface area contributed by atoms with Crippen LogP contribution >= 0.6 is 0 Å². The molecule has 1 saturated carbocycles. The fraction of sp³-hybridized carbons (Fsp3) is 0.423. The summed E-state index contributed by atoms with van der Waals surface area (Å²) < 4.78 is 14.2. The molecule has 0 spiro atoms. The van der Waals surface area contributed by atoms with Crippen LogP contribution in [0, 0.1) is 5.92 Å². The second kappa shape index (κ2) is 9.34. The van der Waals surface area contributed by atoms with Crippen LogP contribution in [0.25, 0.3) is 16.7 Å². The first-order chi connectivity index (χ1) is 17.6. The number of benzene rings is 1. The van der Waals surface area contributed by atoms with Crippen LogP contribution in [-0.2, 0) is 18.3 Å². The Hall–Kier alpha value is -3.79. The fourth-order valence-corrected chi connectivity index (χ4v) is 4.84. The van der Waals surface area contributed by atoms with E-state index in [0.29, 0.717) is 34.7 Å². The van der Waals surface area contributed by atoms with Gasteiger partial charge >= 0.3 is 0 Å². The number of nitrogens with one attached hydrogen (secondary N) is 1. The van der Waals surface area contributed by atoms with Crippen molar-refractivity contribution in [3.05, 3.63) is 70.4 Å². The zero-order valence-electron chi connectivity index (χ0n) is 20.4. The van der Waals surface area contributed by atoms with Crippen molar-refractivity contribution in [3.8, 4) is 0 Å². The van der Waals surface area contributed by atoms with E-state index in [4.69, 9.17) is 9.26 Å². The van der Waals surface area contributed by atoms with Gasteiger partial charge in [-0.1, -0.05) is 41.6 Å². The second-order valence-corrected chi connectivity index (χ2v) is 9.64. The van der Waals surface area contributed by atoms with Crippen LogP contribution < -0.4 is 10.9 Å². The molecule has 36 heavy (non-hydrogen) atoms. The van der Waals surface area contributed by atoms with Gasteiger partial charge in [0.15, 0.2) is 17.0 Å². The zero-order chi connectivity index (χ0) is 24.6. The summed E-state index contributed by atoms with van der Waals surface area (Å²) in [4.78, 5) is 26.8. The standard InChI is InChI=1S/C26H29N7O3/c1-16(17-6-4-3-5-7-17)12-18-13-20(18)23-29-21(36-31-23)14-33-15-27-24-22(25(33)34)32(2)26(30-24)28-19-8-10-35-11-9-19/h3-7,12,15,18-20H,8-11,13-14H2,1-2H3,(H,28,30)/b16-12+/t18-,20?/m1/s1. The molecule has 0 amide bonds. The molecular formula is C26H29N7O3. The molecule has 10 nitrogen and oxygen atoms in total. The maximum atomic E-state index is 13.2. The Balaban J connectivity index is 1.16. The molecule has 1 N–H and O–H groups in total. The third kappa shape index (κ3) is 4.44. The molecule has 4 aromatic rings. The van der Waals surface area contributed by atoms with Crippen LogP contribution in [0.2, 0.25) is 0 Å². The van der Waals surface area contributed by atoms with Gasteiger partial charge in [0.1, 0.15) is 12.9 Å². The Morgan fingerprint density at radius 3 is 2.81 bits per heavy atom. The summed E-state index contributed by atoms with van der Waals surface area (Å²) in [6.45, 7) is 3.75. The van der Waals surface area contributed by atoms with Crippen molar-refractivity contribution in [2.24, 2.45) is 13.0 Å². The molecule has 1 aliphatic carbocycles. The van der Waals surface area contributed by atoms with E-state index in [1.165, 1.54) is 22.0 Å². The number of anilines is 1. The molecule has 1 saturated heterocycles. The topological polar surface area (TPSA) is 113 Å². The van der Waals surface area contributed by atoms with Gasteiger partial charge in [-0.05, 0) is 43.2 Å². The number of ether oxygens (including phenoxy) is 1. The number of aromatic nitrogens is 6. The average molecular weight is 488 g/mol. The average Bonchev–Trinajstić information content (AvgIpc) is 3.37. The van der Waals surface area contributed by atoms with E-state index in [1.807, 2.05) is 25.2 Å². The van der Waals surface area contributed by atoms with Crippen molar-refractivity contribution in [2.75, 3.05) is 18.5 Å². The summed E-state index contributed by atoms with van der Waals surface area (Å²) in [6.07, 6.45) is 6.58. The Kier molecular flexibility index (Phi) is 5.88. The normalized spacial score (nSPS) is 20.7. The molecule has 3 aromatic heterocycles. The van der Waals surface area contributed by atoms with E-state index < -0.39 is 0 Å². The third-order valence-electron chi connectivity index (χ3n) is 7.07. The largest absolute Gasteiger partial charge is 0.381 e. The maximum Gasteiger partial charge on any atom is 0.280 e. The summed E-state index contributed by atoms with van der Waals surface area (Å²) in [7, 11) is 1.83. The highest BCUT2D eigenvalue weighted by atomic mass is 16.5. The lowest BCUT2D eigenvalue weighted by Gasteiger charge is -2.23. The second-order valence-electron chi connectivity index (χ2n) is 9.64. The van der Waals surface area contributed by atoms with E-state index in [1.54, 1.807) is 4.57 Å². The molecule has 1 aliphatic heterocycles. The van der Waals surface area contributed by atoms with Crippen molar-refractivity contribution >= 4 is 22.7 Å². The van der Waals surface area contributed by atoms with Gasteiger partial charge in [-0.3, -0.25) is 9.36 Å².